The molecular formula is C12H13BrIN5O4. The van der Waals surface area contributed by atoms with E-state index < -0.39 is 5.76 Å². The fraction of sp³-hybridized carbons (Fsp3) is 0.333. The first-order valence-corrected chi connectivity index (χ1v) is 7.29. The topological polar surface area (TPSA) is 126 Å². The van der Waals surface area contributed by atoms with E-state index in [1.807, 2.05) is 0 Å². The van der Waals surface area contributed by atoms with Crippen LogP contribution in [0.2, 0.25) is 0 Å². The van der Waals surface area contributed by atoms with E-state index in [2.05, 4.69) is 31.4 Å². The van der Waals surface area contributed by atoms with E-state index >= 15 is 0 Å². The smallest absolute Gasteiger partial charge is 0.442 e. The van der Waals surface area contributed by atoms with Crippen molar-refractivity contribution in [3.8, 4) is 11.5 Å². The van der Waals surface area contributed by atoms with Gasteiger partial charge in [-0.3, -0.25) is 4.52 Å². The number of furan rings is 1. The summed E-state index contributed by atoms with van der Waals surface area (Å²) in [7, 11) is 0. The molecule has 11 heteroatoms. The predicted octanol–water partition coefficient (Wildman–Crippen LogP) is 1.80. The van der Waals surface area contributed by atoms with Gasteiger partial charge in [0.15, 0.2) is 5.69 Å². The van der Waals surface area contributed by atoms with E-state index in [4.69, 9.17) is 19.3 Å². The molecule has 0 bridgehead atoms. The molecule has 0 aliphatic heterocycles. The van der Waals surface area contributed by atoms with E-state index in [9.17, 15) is 4.79 Å². The molecular weight excluding hydrogens is 485 g/mol. The summed E-state index contributed by atoms with van der Waals surface area (Å²) in [6.07, 6.45) is 2.81. The van der Waals surface area contributed by atoms with Crippen molar-refractivity contribution in [2.75, 3.05) is 6.54 Å². The van der Waals surface area contributed by atoms with Gasteiger partial charge < -0.3 is 10.2 Å². The summed E-state index contributed by atoms with van der Waals surface area (Å²) in [5.74, 6) is 0.194. The molecule has 0 saturated heterocycles. The minimum atomic E-state index is -0.615. The summed E-state index contributed by atoms with van der Waals surface area (Å²) in [6.45, 7) is 0.671. The summed E-state index contributed by atoms with van der Waals surface area (Å²) in [6, 6.07) is 1.75. The van der Waals surface area contributed by atoms with E-state index in [1.165, 1.54) is 10.8 Å². The Morgan fingerprint density at radius 2 is 2.13 bits per heavy atom. The summed E-state index contributed by atoms with van der Waals surface area (Å²) in [5.41, 5.74) is 6.43. The average molecular weight is 498 g/mol. The van der Waals surface area contributed by atoms with Crippen molar-refractivity contribution >= 4 is 39.9 Å². The van der Waals surface area contributed by atoms with Gasteiger partial charge in [-0.05, 0) is 46.5 Å². The number of aryl methyl sites for hydroxylation is 1. The summed E-state index contributed by atoms with van der Waals surface area (Å²) < 4.78 is 16.9. The third-order valence-electron chi connectivity index (χ3n) is 3.01. The molecule has 0 spiro atoms. The Kier molecular flexibility index (Phi) is 6.12. The lowest BCUT2D eigenvalue weighted by molar-refractivity contribution is 0.303. The van der Waals surface area contributed by atoms with Gasteiger partial charge in [-0.25, -0.2) is 14.0 Å². The van der Waals surface area contributed by atoms with Gasteiger partial charge >= 0.3 is 5.76 Å². The first-order chi connectivity index (χ1) is 10.7. The van der Waals surface area contributed by atoms with Crippen molar-refractivity contribution < 1.29 is 13.6 Å². The zero-order valence-electron chi connectivity index (χ0n) is 11.8. The first kappa shape index (κ1) is 17.9. The molecule has 23 heavy (non-hydrogen) atoms. The highest BCUT2D eigenvalue weighted by atomic mass is 127. The Morgan fingerprint density at radius 1 is 1.30 bits per heavy atom. The Bertz CT molecular complexity index is 823. The van der Waals surface area contributed by atoms with E-state index in [0.29, 0.717) is 36.5 Å². The van der Waals surface area contributed by atoms with Crippen molar-refractivity contribution in [3.05, 3.63) is 38.8 Å². The summed E-state index contributed by atoms with van der Waals surface area (Å²) in [5, 5.41) is 11.4. The van der Waals surface area contributed by atoms with Crippen LogP contribution >= 0.6 is 39.9 Å². The lowest BCUT2D eigenvalue weighted by atomic mass is 10.2. The first-order valence-electron chi connectivity index (χ1n) is 6.50. The number of rotatable bonds is 6. The highest BCUT2D eigenvalue weighted by molar-refractivity contribution is 14.0. The molecule has 3 aromatic rings. The Labute approximate surface area is 155 Å². The molecule has 0 atom stereocenters. The third-order valence-corrected chi connectivity index (χ3v) is 3.42. The van der Waals surface area contributed by atoms with Crippen molar-refractivity contribution in [3.63, 3.8) is 0 Å². The number of nitrogens with two attached hydrogens (primary N) is 1. The Morgan fingerprint density at radius 3 is 2.83 bits per heavy atom. The van der Waals surface area contributed by atoms with Crippen molar-refractivity contribution in [2.24, 2.45) is 5.73 Å². The summed E-state index contributed by atoms with van der Waals surface area (Å²) in [4.78, 5) is 11.9. The number of nitrogens with zero attached hydrogens (tertiary/aromatic N) is 4. The largest absolute Gasteiger partial charge is 0.466 e. The van der Waals surface area contributed by atoms with Gasteiger partial charge in [0.2, 0.25) is 5.82 Å². The molecule has 0 aliphatic rings. The molecule has 3 heterocycles. The molecule has 0 fully saturated rings. The number of hydrogen-bond acceptors (Lipinski definition) is 8. The van der Waals surface area contributed by atoms with E-state index in [0.717, 1.165) is 4.47 Å². The van der Waals surface area contributed by atoms with Crippen molar-refractivity contribution in [1.29, 1.82) is 0 Å². The molecule has 0 aromatic carbocycles. The number of hydrogen-bond donors (Lipinski definition) is 1. The molecule has 0 radical (unpaired) electrons. The predicted molar refractivity (Wildman–Crippen MR) is 92.4 cm³/mol. The van der Waals surface area contributed by atoms with Crippen molar-refractivity contribution in [2.45, 2.75) is 19.4 Å². The monoisotopic (exact) mass is 497 g/mol. The van der Waals surface area contributed by atoms with Crippen LogP contribution in [0.4, 0.5) is 0 Å². The zero-order valence-corrected chi connectivity index (χ0v) is 15.7. The molecule has 2 N–H and O–H groups in total. The van der Waals surface area contributed by atoms with Crippen LogP contribution < -0.4 is 11.5 Å². The molecule has 124 valence electrons. The lowest BCUT2D eigenvalue weighted by Gasteiger charge is -2.00. The SMILES string of the molecule is I.NCCCc1nonc1-c1noc(=O)n1Cc1cc(Br)co1. The van der Waals surface area contributed by atoms with Crippen LogP contribution in [-0.2, 0) is 13.0 Å². The van der Waals surface area contributed by atoms with Gasteiger partial charge in [0.25, 0.3) is 0 Å². The highest BCUT2D eigenvalue weighted by Gasteiger charge is 2.21. The standard InChI is InChI=1S/C12H12BrN5O4.HI/c13-7-4-8(20-6-7)5-18-11(17-21-12(18)19)10-9(2-1-3-14)15-22-16-10;/h4,6H,1-3,5,14H2;1H. The molecule has 9 nitrogen and oxygen atoms in total. The lowest BCUT2D eigenvalue weighted by Crippen LogP contribution is -2.16. The molecule has 0 unspecified atom stereocenters. The van der Waals surface area contributed by atoms with Crippen LogP contribution in [-0.4, -0.2) is 26.6 Å². The number of halogens is 2. The van der Waals surface area contributed by atoms with E-state index in [-0.39, 0.29) is 36.3 Å². The molecule has 3 rings (SSSR count). The van der Waals surface area contributed by atoms with Gasteiger partial charge in [0.05, 0.1) is 11.0 Å². The second kappa shape index (κ2) is 7.88. The van der Waals surface area contributed by atoms with Crippen LogP contribution in [0, 0.1) is 0 Å². The molecule has 0 amide bonds. The Balaban J connectivity index is 0.00000192. The van der Waals surface area contributed by atoms with Crippen LogP contribution in [0.25, 0.3) is 11.5 Å². The van der Waals surface area contributed by atoms with Gasteiger partial charge in [0.1, 0.15) is 17.7 Å². The van der Waals surface area contributed by atoms with Crippen LogP contribution in [0.1, 0.15) is 17.9 Å². The van der Waals surface area contributed by atoms with E-state index in [1.54, 1.807) is 6.07 Å². The Hall–Kier alpha value is -1.47. The minimum absolute atomic E-state index is 0. The maximum Gasteiger partial charge on any atom is 0.442 e. The number of aromatic nitrogens is 4. The van der Waals surface area contributed by atoms with Crippen LogP contribution in [0.5, 0.6) is 0 Å². The van der Waals surface area contributed by atoms with Gasteiger partial charge in [0, 0.05) is 0 Å². The minimum Gasteiger partial charge on any atom is -0.466 e. The van der Waals surface area contributed by atoms with Crippen LogP contribution in [0.15, 0.2) is 35.2 Å². The van der Waals surface area contributed by atoms with Gasteiger partial charge in [-0.15, -0.1) is 24.0 Å². The van der Waals surface area contributed by atoms with Crippen LogP contribution in [0.3, 0.4) is 0 Å². The summed E-state index contributed by atoms with van der Waals surface area (Å²) >= 11 is 3.28. The van der Waals surface area contributed by atoms with Crippen molar-refractivity contribution in [1.82, 2.24) is 20.0 Å². The zero-order chi connectivity index (χ0) is 15.5. The normalized spacial score (nSPS) is 10.7. The molecule has 0 saturated carbocycles. The molecule has 0 aliphatic carbocycles. The maximum absolute atomic E-state index is 11.9. The van der Waals surface area contributed by atoms with Gasteiger partial charge in [-0.1, -0.05) is 10.3 Å². The fourth-order valence-corrected chi connectivity index (χ4v) is 2.33. The quantitative estimate of drug-likeness (QED) is 0.511. The molecule has 3 aromatic heterocycles. The highest BCUT2D eigenvalue weighted by Crippen LogP contribution is 2.20. The second-order valence-corrected chi connectivity index (χ2v) is 5.46. The second-order valence-electron chi connectivity index (χ2n) is 4.54. The maximum atomic E-state index is 11.9. The van der Waals surface area contributed by atoms with Gasteiger partial charge in [-0.2, -0.15) is 0 Å². The fourth-order valence-electron chi connectivity index (χ4n) is 1.98. The third kappa shape index (κ3) is 3.90. The average Bonchev–Trinajstić information content (AvgIpc) is 3.20.